The van der Waals surface area contributed by atoms with Crippen LogP contribution in [0.1, 0.15) is 0 Å². The minimum Gasteiger partial charge on any atom is -0.382 e. The molecule has 0 aliphatic heterocycles. The number of H-pyrrole nitrogens is 1. The van der Waals surface area contributed by atoms with E-state index in [9.17, 15) is 0 Å². The van der Waals surface area contributed by atoms with Gasteiger partial charge in [-0.15, -0.1) is 5.10 Å². The highest BCUT2D eigenvalue weighted by atomic mass is 15.4. The molecular formula is C10H9N5. The summed E-state index contributed by atoms with van der Waals surface area (Å²) in [6.07, 6.45) is 1.77. The molecule has 15 heavy (non-hydrogen) atoms. The molecule has 0 bridgehead atoms. The Morgan fingerprint density at radius 3 is 2.80 bits per heavy atom. The Bertz CT molecular complexity index is 574. The van der Waals surface area contributed by atoms with Crippen LogP contribution in [0.4, 0.5) is 5.82 Å². The monoisotopic (exact) mass is 199 g/mol. The molecule has 5 nitrogen and oxygen atoms in total. The molecule has 0 radical (unpaired) electrons. The number of nitrogen functional groups attached to an aromatic ring is 1. The van der Waals surface area contributed by atoms with E-state index in [1.807, 2.05) is 24.3 Å². The molecule has 0 spiro atoms. The third kappa shape index (κ3) is 1.25. The summed E-state index contributed by atoms with van der Waals surface area (Å²) in [6, 6.07) is 9.56. The highest BCUT2D eigenvalue weighted by Crippen LogP contribution is 2.13. The minimum atomic E-state index is 0.482. The second kappa shape index (κ2) is 2.84. The van der Waals surface area contributed by atoms with E-state index in [0.29, 0.717) is 11.8 Å². The maximum Gasteiger partial charge on any atom is 0.229 e. The Morgan fingerprint density at radius 1 is 1.20 bits per heavy atom. The summed E-state index contributed by atoms with van der Waals surface area (Å²) < 4.78 is 1.62. The topological polar surface area (TPSA) is 72.5 Å². The van der Waals surface area contributed by atoms with Gasteiger partial charge in [-0.05, 0) is 12.1 Å². The number of nitrogens with one attached hydrogen (secondary N) is 1. The van der Waals surface area contributed by atoms with Gasteiger partial charge < -0.3 is 10.7 Å². The van der Waals surface area contributed by atoms with Crippen molar-refractivity contribution in [3.8, 4) is 5.95 Å². The van der Waals surface area contributed by atoms with Crippen LogP contribution >= 0.6 is 0 Å². The van der Waals surface area contributed by atoms with Crippen LogP contribution in [0.2, 0.25) is 0 Å². The predicted octanol–water partition coefficient (Wildman–Crippen LogP) is 1.33. The third-order valence-corrected chi connectivity index (χ3v) is 2.20. The number of hydrogen-bond acceptors (Lipinski definition) is 3. The molecule has 3 N–H and O–H groups in total. The van der Waals surface area contributed by atoms with Gasteiger partial charge in [-0.2, -0.15) is 0 Å². The highest BCUT2D eigenvalue weighted by molar-refractivity contribution is 5.75. The first-order valence-electron chi connectivity index (χ1n) is 4.59. The molecule has 0 amide bonds. The zero-order chi connectivity index (χ0) is 10.3. The minimum absolute atomic E-state index is 0.482. The normalized spacial score (nSPS) is 10.9. The van der Waals surface area contributed by atoms with Gasteiger partial charge >= 0.3 is 0 Å². The summed E-state index contributed by atoms with van der Waals surface area (Å²) in [7, 11) is 0. The van der Waals surface area contributed by atoms with Gasteiger partial charge in [0.05, 0.1) is 11.0 Å². The number of hydrogen-bond donors (Lipinski definition) is 2. The molecule has 3 rings (SSSR count). The average molecular weight is 199 g/mol. The first-order chi connectivity index (χ1) is 7.33. The van der Waals surface area contributed by atoms with Gasteiger partial charge in [0, 0.05) is 12.3 Å². The van der Waals surface area contributed by atoms with Crippen LogP contribution in [-0.4, -0.2) is 19.7 Å². The summed E-state index contributed by atoms with van der Waals surface area (Å²) in [5.41, 5.74) is 7.44. The Labute approximate surface area is 85.5 Å². The fourth-order valence-electron chi connectivity index (χ4n) is 1.50. The number of aromatic amines is 1. The number of benzene rings is 1. The molecule has 2 aromatic heterocycles. The van der Waals surface area contributed by atoms with E-state index in [0.717, 1.165) is 11.0 Å². The second-order valence-electron chi connectivity index (χ2n) is 3.26. The molecule has 74 valence electrons. The Hall–Kier alpha value is -2.30. The van der Waals surface area contributed by atoms with E-state index < -0.39 is 0 Å². The summed E-state index contributed by atoms with van der Waals surface area (Å²) >= 11 is 0. The van der Waals surface area contributed by atoms with E-state index in [1.54, 1.807) is 16.9 Å². The molecule has 0 unspecified atom stereocenters. The van der Waals surface area contributed by atoms with Crippen molar-refractivity contribution in [1.29, 1.82) is 0 Å². The number of para-hydroxylation sites is 2. The van der Waals surface area contributed by atoms with Gasteiger partial charge in [-0.25, -0.2) is 9.67 Å². The van der Waals surface area contributed by atoms with E-state index >= 15 is 0 Å². The van der Waals surface area contributed by atoms with Crippen molar-refractivity contribution < 1.29 is 0 Å². The molecular weight excluding hydrogens is 190 g/mol. The molecule has 0 aliphatic rings. The summed E-state index contributed by atoms with van der Waals surface area (Å²) in [6.45, 7) is 0. The predicted molar refractivity (Wildman–Crippen MR) is 57.6 cm³/mol. The number of fused-ring (bicyclic) bond motifs is 1. The maximum atomic E-state index is 5.54. The van der Waals surface area contributed by atoms with Gasteiger partial charge in [-0.1, -0.05) is 12.1 Å². The smallest absolute Gasteiger partial charge is 0.229 e. The van der Waals surface area contributed by atoms with Crippen molar-refractivity contribution in [1.82, 2.24) is 19.7 Å². The van der Waals surface area contributed by atoms with Gasteiger partial charge in [0.15, 0.2) is 0 Å². The van der Waals surface area contributed by atoms with Crippen LogP contribution in [0.25, 0.3) is 17.0 Å². The van der Waals surface area contributed by atoms with Crippen molar-refractivity contribution in [2.45, 2.75) is 0 Å². The average Bonchev–Trinajstić information content (AvgIpc) is 2.82. The van der Waals surface area contributed by atoms with Crippen molar-refractivity contribution in [3.05, 3.63) is 36.5 Å². The molecule has 0 aliphatic carbocycles. The van der Waals surface area contributed by atoms with E-state index in [-0.39, 0.29) is 0 Å². The van der Waals surface area contributed by atoms with Crippen LogP contribution in [-0.2, 0) is 0 Å². The van der Waals surface area contributed by atoms with E-state index in [4.69, 9.17) is 5.73 Å². The van der Waals surface area contributed by atoms with E-state index in [1.165, 1.54) is 0 Å². The van der Waals surface area contributed by atoms with Crippen molar-refractivity contribution in [2.24, 2.45) is 0 Å². The van der Waals surface area contributed by atoms with Crippen LogP contribution in [0.3, 0.4) is 0 Å². The maximum absolute atomic E-state index is 5.54. The van der Waals surface area contributed by atoms with Gasteiger partial charge in [0.2, 0.25) is 5.95 Å². The van der Waals surface area contributed by atoms with Crippen molar-refractivity contribution >= 4 is 16.9 Å². The number of nitrogens with zero attached hydrogens (tertiary/aromatic N) is 3. The molecule has 3 aromatic rings. The SMILES string of the molecule is Nc1ccn(-c2nc3ccccc3[nH]2)n1. The number of anilines is 1. The Balaban J connectivity index is 2.19. The summed E-state index contributed by atoms with van der Waals surface area (Å²) in [5, 5.41) is 4.08. The summed E-state index contributed by atoms with van der Waals surface area (Å²) in [4.78, 5) is 7.54. The van der Waals surface area contributed by atoms with Gasteiger partial charge in [-0.3, -0.25) is 0 Å². The number of aromatic nitrogens is 4. The lowest BCUT2D eigenvalue weighted by atomic mass is 10.3. The van der Waals surface area contributed by atoms with Crippen LogP contribution in [0.15, 0.2) is 36.5 Å². The van der Waals surface area contributed by atoms with Crippen molar-refractivity contribution in [2.75, 3.05) is 5.73 Å². The molecule has 0 saturated heterocycles. The zero-order valence-corrected chi connectivity index (χ0v) is 7.88. The van der Waals surface area contributed by atoms with Gasteiger partial charge in [0.25, 0.3) is 0 Å². The third-order valence-electron chi connectivity index (χ3n) is 2.20. The lowest BCUT2D eigenvalue weighted by Gasteiger charge is -1.92. The fourth-order valence-corrected chi connectivity index (χ4v) is 1.50. The lowest BCUT2D eigenvalue weighted by molar-refractivity contribution is 0.833. The fraction of sp³-hybridized carbons (Fsp3) is 0. The number of nitrogens with two attached hydrogens (primary N) is 1. The van der Waals surface area contributed by atoms with Crippen LogP contribution in [0, 0.1) is 0 Å². The molecule has 1 aromatic carbocycles. The molecule has 2 heterocycles. The second-order valence-corrected chi connectivity index (χ2v) is 3.26. The molecule has 5 heteroatoms. The number of rotatable bonds is 1. The zero-order valence-electron chi connectivity index (χ0n) is 7.88. The lowest BCUT2D eigenvalue weighted by Crippen LogP contribution is -1.97. The molecule has 0 saturated carbocycles. The van der Waals surface area contributed by atoms with Gasteiger partial charge in [0.1, 0.15) is 5.82 Å². The Kier molecular flexibility index (Phi) is 1.53. The van der Waals surface area contributed by atoms with E-state index in [2.05, 4.69) is 15.1 Å². The van der Waals surface area contributed by atoms with Crippen molar-refractivity contribution in [3.63, 3.8) is 0 Å². The number of imidazole rings is 1. The first kappa shape index (κ1) is 8.05. The van der Waals surface area contributed by atoms with Crippen LogP contribution < -0.4 is 5.73 Å². The highest BCUT2D eigenvalue weighted by Gasteiger charge is 2.04. The largest absolute Gasteiger partial charge is 0.382 e. The van der Waals surface area contributed by atoms with Crippen LogP contribution in [0.5, 0.6) is 0 Å². The quantitative estimate of drug-likeness (QED) is 0.621. The first-order valence-corrected chi connectivity index (χ1v) is 4.59. The standard InChI is InChI=1S/C10H9N5/c11-9-5-6-15(14-9)10-12-7-3-1-2-4-8(7)13-10/h1-6H,(H2,11,14)(H,12,13). The Morgan fingerprint density at radius 2 is 2.07 bits per heavy atom. The molecule has 0 atom stereocenters. The molecule has 0 fully saturated rings. The summed E-state index contributed by atoms with van der Waals surface area (Å²) in [5.74, 6) is 1.16.